The highest BCUT2D eigenvalue weighted by Gasteiger charge is 2.14. The summed E-state index contributed by atoms with van der Waals surface area (Å²) in [6.07, 6.45) is 10.2. The van der Waals surface area contributed by atoms with Crippen molar-refractivity contribution in [1.29, 1.82) is 0 Å². The van der Waals surface area contributed by atoms with Crippen LogP contribution < -0.4 is 10.6 Å². The molecule has 3 rings (SSSR count). The summed E-state index contributed by atoms with van der Waals surface area (Å²) in [5.74, 6) is 1.67. The van der Waals surface area contributed by atoms with Gasteiger partial charge in [-0.15, -0.1) is 0 Å². The lowest BCUT2D eigenvalue weighted by Gasteiger charge is -2.23. The second-order valence-corrected chi connectivity index (χ2v) is 6.52. The SMILES string of the molecule is c1nc(CCC2CCCCN2)cc(NCC2CCOCC2)n1. The van der Waals surface area contributed by atoms with Gasteiger partial charge < -0.3 is 15.4 Å². The first-order valence-electron chi connectivity index (χ1n) is 8.76. The van der Waals surface area contributed by atoms with Gasteiger partial charge in [0.25, 0.3) is 0 Å². The summed E-state index contributed by atoms with van der Waals surface area (Å²) in [6, 6.07) is 2.78. The van der Waals surface area contributed by atoms with Crippen LogP contribution in [0.1, 0.15) is 44.2 Å². The van der Waals surface area contributed by atoms with Crippen molar-refractivity contribution in [2.45, 2.75) is 51.0 Å². The van der Waals surface area contributed by atoms with Gasteiger partial charge in [0.1, 0.15) is 12.1 Å². The number of aryl methyl sites for hydroxylation is 1. The Bertz CT molecular complexity index is 405. The molecule has 0 saturated carbocycles. The molecule has 0 amide bonds. The average molecular weight is 304 g/mol. The molecule has 2 N–H and O–H groups in total. The van der Waals surface area contributed by atoms with Crippen LogP contribution in [0.25, 0.3) is 0 Å². The molecule has 2 fully saturated rings. The summed E-state index contributed by atoms with van der Waals surface area (Å²) >= 11 is 0. The van der Waals surface area contributed by atoms with Crippen LogP contribution in [0.2, 0.25) is 0 Å². The fourth-order valence-corrected chi connectivity index (χ4v) is 3.32. The van der Waals surface area contributed by atoms with Gasteiger partial charge in [-0.3, -0.25) is 0 Å². The monoisotopic (exact) mass is 304 g/mol. The Kier molecular flexibility index (Phi) is 6.02. The molecule has 0 aliphatic carbocycles. The van der Waals surface area contributed by atoms with E-state index in [1.165, 1.54) is 32.2 Å². The van der Waals surface area contributed by atoms with Crippen molar-refractivity contribution in [3.63, 3.8) is 0 Å². The third-order valence-electron chi connectivity index (χ3n) is 4.80. The molecule has 5 heteroatoms. The van der Waals surface area contributed by atoms with Crippen LogP contribution in [0.5, 0.6) is 0 Å². The molecule has 2 saturated heterocycles. The summed E-state index contributed by atoms with van der Waals surface area (Å²) in [6.45, 7) is 3.96. The molecule has 0 aromatic carbocycles. The molecule has 22 heavy (non-hydrogen) atoms. The fourth-order valence-electron chi connectivity index (χ4n) is 3.32. The Morgan fingerprint density at radius 2 is 2.09 bits per heavy atom. The number of rotatable bonds is 6. The highest BCUT2D eigenvalue weighted by molar-refractivity contribution is 5.34. The Hall–Kier alpha value is -1.20. The first-order chi connectivity index (χ1) is 10.9. The Labute approximate surface area is 133 Å². The molecule has 0 spiro atoms. The number of aromatic nitrogens is 2. The predicted octanol–water partition coefficient (Wildman–Crippen LogP) is 2.39. The third-order valence-corrected chi connectivity index (χ3v) is 4.80. The van der Waals surface area contributed by atoms with Gasteiger partial charge in [-0.2, -0.15) is 0 Å². The third kappa shape index (κ3) is 4.92. The number of piperidine rings is 1. The molecule has 122 valence electrons. The van der Waals surface area contributed by atoms with Crippen LogP contribution >= 0.6 is 0 Å². The number of anilines is 1. The van der Waals surface area contributed by atoms with Gasteiger partial charge in [0.05, 0.1) is 0 Å². The Balaban J connectivity index is 1.44. The van der Waals surface area contributed by atoms with E-state index in [0.29, 0.717) is 12.0 Å². The van der Waals surface area contributed by atoms with Gasteiger partial charge in [0, 0.05) is 37.6 Å². The van der Waals surface area contributed by atoms with Crippen molar-refractivity contribution >= 4 is 5.82 Å². The van der Waals surface area contributed by atoms with Crippen LogP contribution in [0.15, 0.2) is 12.4 Å². The van der Waals surface area contributed by atoms with Gasteiger partial charge in [0.2, 0.25) is 0 Å². The minimum absolute atomic E-state index is 0.669. The van der Waals surface area contributed by atoms with Crippen molar-refractivity contribution in [1.82, 2.24) is 15.3 Å². The number of nitrogens with zero attached hydrogens (tertiary/aromatic N) is 2. The fraction of sp³-hybridized carbons (Fsp3) is 0.765. The van der Waals surface area contributed by atoms with E-state index in [1.54, 1.807) is 6.33 Å². The van der Waals surface area contributed by atoms with Gasteiger partial charge >= 0.3 is 0 Å². The molecule has 2 aliphatic rings. The quantitative estimate of drug-likeness (QED) is 0.845. The second-order valence-electron chi connectivity index (χ2n) is 6.52. The number of hydrogen-bond acceptors (Lipinski definition) is 5. The zero-order valence-corrected chi connectivity index (χ0v) is 13.4. The van der Waals surface area contributed by atoms with Crippen molar-refractivity contribution in [3.8, 4) is 0 Å². The van der Waals surface area contributed by atoms with E-state index < -0.39 is 0 Å². The van der Waals surface area contributed by atoms with Crippen LogP contribution in [0.4, 0.5) is 5.82 Å². The molecule has 1 atom stereocenters. The topological polar surface area (TPSA) is 59.1 Å². The van der Waals surface area contributed by atoms with Crippen molar-refractivity contribution in [2.24, 2.45) is 5.92 Å². The molecule has 0 bridgehead atoms. The molecule has 1 aromatic rings. The molecule has 3 heterocycles. The summed E-state index contributed by atoms with van der Waals surface area (Å²) in [4.78, 5) is 8.77. The van der Waals surface area contributed by atoms with Crippen LogP contribution in [0.3, 0.4) is 0 Å². The molecule has 1 aromatic heterocycles. The van der Waals surface area contributed by atoms with Crippen LogP contribution in [-0.4, -0.2) is 42.3 Å². The van der Waals surface area contributed by atoms with E-state index in [4.69, 9.17) is 4.74 Å². The summed E-state index contributed by atoms with van der Waals surface area (Å²) in [5, 5.41) is 7.07. The van der Waals surface area contributed by atoms with E-state index in [2.05, 4.69) is 26.7 Å². The van der Waals surface area contributed by atoms with Gasteiger partial charge in [0.15, 0.2) is 0 Å². The summed E-state index contributed by atoms with van der Waals surface area (Å²) in [7, 11) is 0. The number of hydrogen-bond donors (Lipinski definition) is 2. The van der Waals surface area contributed by atoms with Crippen molar-refractivity contribution in [2.75, 3.05) is 31.6 Å². The summed E-state index contributed by atoms with van der Waals surface area (Å²) in [5.41, 5.74) is 1.15. The number of nitrogens with one attached hydrogen (secondary N) is 2. The van der Waals surface area contributed by atoms with E-state index in [-0.39, 0.29) is 0 Å². The highest BCUT2D eigenvalue weighted by Crippen LogP contribution is 2.16. The minimum atomic E-state index is 0.669. The maximum atomic E-state index is 5.40. The highest BCUT2D eigenvalue weighted by atomic mass is 16.5. The second kappa shape index (κ2) is 8.44. The first kappa shape index (κ1) is 15.7. The number of ether oxygens (including phenoxy) is 1. The molecule has 0 radical (unpaired) electrons. The Morgan fingerprint density at radius 3 is 2.91 bits per heavy atom. The lowest BCUT2D eigenvalue weighted by atomic mass is 9.99. The molecular weight excluding hydrogens is 276 g/mol. The van der Waals surface area contributed by atoms with Gasteiger partial charge in [-0.05, 0) is 51.0 Å². The van der Waals surface area contributed by atoms with Crippen molar-refractivity contribution in [3.05, 3.63) is 18.1 Å². The lowest BCUT2D eigenvalue weighted by Crippen LogP contribution is -2.34. The summed E-state index contributed by atoms with van der Waals surface area (Å²) < 4.78 is 5.40. The smallest absolute Gasteiger partial charge is 0.129 e. The predicted molar refractivity (Wildman–Crippen MR) is 88.0 cm³/mol. The van der Waals surface area contributed by atoms with Gasteiger partial charge in [-0.25, -0.2) is 9.97 Å². The van der Waals surface area contributed by atoms with E-state index in [0.717, 1.165) is 50.5 Å². The van der Waals surface area contributed by atoms with E-state index in [1.807, 2.05) is 0 Å². The zero-order chi connectivity index (χ0) is 15.0. The minimum Gasteiger partial charge on any atom is -0.381 e. The van der Waals surface area contributed by atoms with E-state index in [9.17, 15) is 0 Å². The van der Waals surface area contributed by atoms with Crippen LogP contribution in [-0.2, 0) is 11.2 Å². The van der Waals surface area contributed by atoms with E-state index >= 15 is 0 Å². The zero-order valence-electron chi connectivity index (χ0n) is 13.4. The largest absolute Gasteiger partial charge is 0.381 e. The molecular formula is C17H28N4O. The van der Waals surface area contributed by atoms with Gasteiger partial charge in [-0.1, -0.05) is 6.42 Å². The van der Waals surface area contributed by atoms with Crippen molar-refractivity contribution < 1.29 is 4.74 Å². The molecule has 1 unspecified atom stereocenters. The maximum absolute atomic E-state index is 5.40. The average Bonchev–Trinajstić information content (AvgIpc) is 2.60. The normalized spacial score (nSPS) is 23.4. The van der Waals surface area contributed by atoms with Crippen LogP contribution in [0, 0.1) is 5.92 Å². The maximum Gasteiger partial charge on any atom is 0.129 e. The lowest BCUT2D eigenvalue weighted by molar-refractivity contribution is 0.0699. The molecule has 5 nitrogen and oxygen atoms in total. The standard InChI is InChI=1S/C17H28N4O/c1-2-8-18-15(3-1)4-5-16-11-17(21-13-20-16)19-12-14-6-9-22-10-7-14/h11,13-15,18H,1-10,12H2,(H,19,20,21). The first-order valence-corrected chi connectivity index (χ1v) is 8.76. The molecule has 2 aliphatic heterocycles. The Morgan fingerprint density at radius 1 is 1.18 bits per heavy atom.